The van der Waals surface area contributed by atoms with Gasteiger partial charge in [0.15, 0.2) is 15.5 Å². The van der Waals surface area contributed by atoms with Gasteiger partial charge in [-0.25, -0.2) is 33.3 Å². The summed E-state index contributed by atoms with van der Waals surface area (Å²) in [5, 5.41) is 2.93. The molecule has 2 aliphatic carbocycles. The predicted molar refractivity (Wildman–Crippen MR) is 145 cm³/mol. The average molecular weight is 547 g/mol. The average Bonchev–Trinajstić information content (AvgIpc) is 3.78. The molecule has 202 valence electrons. The zero-order valence-electron chi connectivity index (χ0n) is 22.3. The number of hydrogen-bond acceptors (Lipinski definition) is 9. The van der Waals surface area contributed by atoms with Crippen LogP contribution in [0.15, 0.2) is 41.7 Å². The fourth-order valence-corrected chi connectivity index (χ4v) is 5.73. The molecule has 4 aromatic heterocycles. The van der Waals surface area contributed by atoms with Crippen molar-refractivity contribution in [3.05, 3.63) is 65.4 Å². The molecule has 6 rings (SSSR count). The van der Waals surface area contributed by atoms with E-state index >= 15 is 0 Å². The van der Waals surface area contributed by atoms with Crippen molar-refractivity contribution in [2.75, 3.05) is 23.5 Å². The molecule has 12 heteroatoms. The molecule has 0 spiro atoms. The second kappa shape index (κ2) is 9.37. The van der Waals surface area contributed by atoms with E-state index in [2.05, 4.69) is 30.2 Å². The van der Waals surface area contributed by atoms with Crippen LogP contribution in [-0.4, -0.2) is 56.9 Å². The highest BCUT2D eigenvalue weighted by Crippen LogP contribution is 2.46. The molecule has 2 saturated carbocycles. The van der Waals surface area contributed by atoms with Crippen LogP contribution in [0.2, 0.25) is 0 Å². The van der Waals surface area contributed by atoms with Crippen molar-refractivity contribution in [1.82, 2.24) is 29.3 Å². The number of aromatic nitrogens is 6. The first-order valence-corrected chi connectivity index (χ1v) is 14.8. The normalized spacial score (nSPS) is 18.8. The topological polar surface area (TPSA) is 135 Å². The van der Waals surface area contributed by atoms with E-state index in [-0.39, 0.29) is 22.6 Å². The number of carbonyl (C=O) groups is 1. The van der Waals surface area contributed by atoms with E-state index in [1.807, 2.05) is 41.7 Å². The van der Waals surface area contributed by atoms with E-state index in [0.717, 1.165) is 24.1 Å². The molecule has 2 fully saturated rings. The van der Waals surface area contributed by atoms with Crippen LogP contribution < -0.4 is 10.2 Å². The van der Waals surface area contributed by atoms with E-state index in [1.54, 1.807) is 25.3 Å². The largest absolute Gasteiger partial charge is 0.354 e. The standard InChI is InChI=1S/C27H30N8O3S/c1-15-7-8-28-25(29-15)20-10-21(20)27(36)33-23-11-24(31-16(2)30-23)34(3)13-19-14-35-12-18(17-5-6-17)9-22(26(35)32-19)39(4,37)38/h7-9,11-12,14,17,20-21H,5-6,10,13H2,1-4H3,(H,30,31,33,36)/t20-,21-/m0/s1. The highest BCUT2D eigenvalue weighted by molar-refractivity contribution is 7.91. The molecule has 0 saturated heterocycles. The van der Waals surface area contributed by atoms with Gasteiger partial charge in [-0.1, -0.05) is 0 Å². The van der Waals surface area contributed by atoms with Crippen molar-refractivity contribution < 1.29 is 13.2 Å². The number of sulfone groups is 1. The lowest BCUT2D eigenvalue weighted by molar-refractivity contribution is -0.117. The number of nitrogens with zero attached hydrogens (tertiary/aromatic N) is 7. The Hall–Kier alpha value is -3.93. The van der Waals surface area contributed by atoms with Gasteiger partial charge in [-0.2, -0.15) is 0 Å². The third kappa shape index (κ3) is 5.33. The van der Waals surface area contributed by atoms with Crippen LogP contribution in [0, 0.1) is 19.8 Å². The van der Waals surface area contributed by atoms with Crippen molar-refractivity contribution >= 4 is 33.0 Å². The lowest BCUT2D eigenvalue weighted by Crippen LogP contribution is -2.21. The molecule has 4 aromatic rings. The zero-order valence-corrected chi connectivity index (χ0v) is 23.1. The summed E-state index contributed by atoms with van der Waals surface area (Å²) in [5.74, 6) is 2.39. The molecule has 1 N–H and O–H groups in total. The van der Waals surface area contributed by atoms with Crippen LogP contribution in [-0.2, 0) is 21.2 Å². The van der Waals surface area contributed by atoms with Gasteiger partial charge in [0.1, 0.15) is 28.2 Å². The van der Waals surface area contributed by atoms with Crippen LogP contribution in [0.5, 0.6) is 0 Å². The predicted octanol–water partition coefficient (Wildman–Crippen LogP) is 3.19. The van der Waals surface area contributed by atoms with Crippen LogP contribution in [0.3, 0.4) is 0 Å². The summed E-state index contributed by atoms with van der Waals surface area (Å²) in [7, 11) is -1.57. The molecule has 0 radical (unpaired) electrons. The summed E-state index contributed by atoms with van der Waals surface area (Å²) in [6.07, 6.45) is 9.64. The highest BCUT2D eigenvalue weighted by atomic mass is 32.2. The molecule has 2 atom stereocenters. The molecule has 39 heavy (non-hydrogen) atoms. The molecule has 0 unspecified atom stereocenters. The number of anilines is 2. The van der Waals surface area contributed by atoms with Crippen LogP contribution in [0.4, 0.5) is 11.6 Å². The van der Waals surface area contributed by atoms with Crippen LogP contribution in [0.25, 0.3) is 5.65 Å². The number of carbonyl (C=O) groups excluding carboxylic acids is 1. The Kier molecular flexibility index (Phi) is 6.09. The minimum atomic E-state index is -3.44. The number of pyridine rings is 1. The Morgan fingerprint density at radius 1 is 1.13 bits per heavy atom. The first-order chi connectivity index (χ1) is 18.5. The maximum absolute atomic E-state index is 12.9. The van der Waals surface area contributed by atoms with Crippen molar-refractivity contribution in [2.24, 2.45) is 5.92 Å². The molecule has 0 aromatic carbocycles. The van der Waals surface area contributed by atoms with E-state index in [4.69, 9.17) is 0 Å². The Morgan fingerprint density at radius 3 is 2.64 bits per heavy atom. The second-order valence-corrected chi connectivity index (χ2v) is 12.6. The third-order valence-corrected chi connectivity index (χ3v) is 8.27. The Balaban J connectivity index is 1.19. The van der Waals surface area contributed by atoms with E-state index in [0.29, 0.717) is 53.5 Å². The molecule has 4 heterocycles. The Morgan fingerprint density at radius 2 is 1.92 bits per heavy atom. The van der Waals surface area contributed by atoms with Gasteiger partial charge in [0, 0.05) is 55.5 Å². The number of aryl methyl sites for hydroxylation is 2. The molecule has 1 amide bonds. The Bertz CT molecular complexity index is 1710. The maximum atomic E-state index is 12.9. The summed E-state index contributed by atoms with van der Waals surface area (Å²) in [4.78, 5) is 37.4. The molecule has 11 nitrogen and oxygen atoms in total. The number of hydrogen-bond donors (Lipinski definition) is 1. The minimum absolute atomic E-state index is 0.0160. The lowest BCUT2D eigenvalue weighted by atomic mass is 10.2. The van der Waals surface area contributed by atoms with Gasteiger partial charge < -0.3 is 14.6 Å². The van der Waals surface area contributed by atoms with Gasteiger partial charge in [0.2, 0.25) is 5.91 Å². The molecule has 2 aliphatic rings. The van der Waals surface area contributed by atoms with E-state index in [1.165, 1.54) is 6.26 Å². The van der Waals surface area contributed by atoms with Crippen molar-refractivity contribution in [3.63, 3.8) is 0 Å². The van der Waals surface area contributed by atoms with Crippen molar-refractivity contribution in [3.8, 4) is 0 Å². The highest BCUT2D eigenvalue weighted by Gasteiger charge is 2.46. The fourth-order valence-electron chi connectivity index (χ4n) is 4.90. The van der Waals surface area contributed by atoms with Crippen LogP contribution >= 0.6 is 0 Å². The molecular weight excluding hydrogens is 516 g/mol. The van der Waals surface area contributed by atoms with Gasteiger partial charge in [-0.3, -0.25) is 4.79 Å². The van der Waals surface area contributed by atoms with Crippen molar-refractivity contribution in [1.29, 1.82) is 0 Å². The smallest absolute Gasteiger partial charge is 0.229 e. The fraction of sp³-hybridized carbons (Fsp3) is 0.407. The maximum Gasteiger partial charge on any atom is 0.229 e. The third-order valence-electron chi connectivity index (χ3n) is 7.17. The molecule has 0 bridgehead atoms. The number of amides is 1. The van der Waals surface area contributed by atoms with Gasteiger partial charge in [-0.15, -0.1) is 0 Å². The lowest BCUT2D eigenvalue weighted by Gasteiger charge is -2.18. The quantitative estimate of drug-likeness (QED) is 0.353. The summed E-state index contributed by atoms with van der Waals surface area (Å²) in [5.41, 5.74) is 3.04. The number of nitrogens with one attached hydrogen (secondary N) is 1. The van der Waals surface area contributed by atoms with Gasteiger partial charge in [0.25, 0.3) is 0 Å². The molecule has 0 aliphatic heterocycles. The first kappa shape index (κ1) is 25.4. The van der Waals surface area contributed by atoms with Gasteiger partial charge >= 0.3 is 0 Å². The summed E-state index contributed by atoms with van der Waals surface area (Å²) < 4.78 is 26.8. The minimum Gasteiger partial charge on any atom is -0.354 e. The van der Waals surface area contributed by atoms with Gasteiger partial charge in [-0.05, 0) is 56.7 Å². The number of rotatable bonds is 8. The number of fused-ring (bicyclic) bond motifs is 1. The van der Waals surface area contributed by atoms with E-state index < -0.39 is 9.84 Å². The zero-order chi connectivity index (χ0) is 27.5. The van der Waals surface area contributed by atoms with E-state index in [9.17, 15) is 13.2 Å². The number of imidazole rings is 1. The molecular formula is C27H30N8O3S. The second-order valence-electron chi connectivity index (χ2n) is 10.7. The summed E-state index contributed by atoms with van der Waals surface area (Å²) in [6.45, 7) is 4.08. The SMILES string of the molecule is Cc1ccnc([C@H]2C[C@@H]2C(=O)Nc2cc(N(C)Cc3cn4cc(C5CC5)cc(S(C)(=O)=O)c4n3)nc(C)n2)n1. The van der Waals surface area contributed by atoms with Gasteiger partial charge in [0.05, 0.1) is 12.2 Å². The summed E-state index contributed by atoms with van der Waals surface area (Å²) >= 11 is 0. The Labute approximate surface area is 226 Å². The first-order valence-electron chi connectivity index (χ1n) is 12.9. The monoisotopic (exact) mass is 546 g/mol. The summed E-state index contributed by atoms with van der Waals surface area (Å²) in [6, 6.07) is 5.33. The van der Waals surface area contributed by atoms with Crippen molar-refractivity contribution in [2.45, 2.75) is 56.4 Å². The van der Waals surface area contributed by atoms with Crippen LogP contribution in [0.1, 0.15) is 59.7 Å².